The predicted octanol–water partition coefficient (Wildman–Crippen LogP) is 4.33. The molecule has 2 aromatic rings. The number of anilines is 1. The van der Waals surface area contributed by atoms with Crippen molar-refractivity contribution < 1.29 is 4.79 Å². The van der Waals surface area contributed by atoms with Crippen LogP contribution in [0.25, 0.3) is 0 Å². The summed E-state index contributed by atoms with van der Waals surface area (Å²) >= 11 is 11.6. The van der Waals surface area contributed by atoms with Gasteiger partial charge in [-0.1, -0.05) is 12.1 Å². The molecule has 1 unspecified atom stereocenters. The van der Waals surface area contributed by atoms with E-state index in [1.807, 2.05) is 29.6 Å². The zero-order valence-corrected chi connectivity index (χ0v) is 12.4. The molecule has 1 N–H and O–H groups in total. The van der Waals surface area contributed by atoms with Crippen molar-refractivity contribution in [1.82, 2.24) is 0 Å². The molecule has 2 nitrogen and oxygen atoms in total. The normalized spacial score (nSPS) is 15.3. The number of amides is 1. The number of benzene rings is 1. The molecule has 0 radical (unpaired) electrons. The van der Waals surface area contributed by atoms with Gasteiger partial charge in [-0.25, -0.2) is 0 Å². The van der Waals surface area contributed by atoms with Crippen molar-refractivity contribution in [2.75, 3.05) is 5.32 Å². The highest BCUT2D eigenvalue weighted by atomic mass is 79.9. The molecule has 0 fully saturated rings. The van der Waals surface area contributed by atoms with E-state index < -0.39 is 0 Å². The van der Waals surface area contributed by atoms with Crippen LogP contribution < -0.4 is 5.32 Å². The Bertz CT molecular complexity index is 625. The topological polar surface area (TPSA) is 29.1 Å². The number of fused-ring (bicyclic) bond motifs is 1. The Balaban J connectivity index is 1.97. The highest BCUT2D eigenvalue weighted by Crippen LogP contribution is 2.39. The van der Waals surface area contributed by atoms with Crippen LogP contribution in [0, 0.1) is 0 Å². The van der Waals surface area contributed by atoms with Crippen molar-refractivity contribution in [3.8, 4) is 0 Å². The van der Waals surface area contributed by atoms with E-state index in [1.54, 1.807) is 11.3 Å². The van der Waals surface area contributed by atoms with Gasteiger partial charge in [-0.2, -0.15) is 0 Å². The number of carbonyl (C=O) groups is 1. The fourth-order valence-corrected chi connectivity index (χ4v) is 4.19. The summed E-state index contributed by atoms with van der Waals surface area (Å²) in [6.45, 7) is 0. The molecule has 1 aromatic carbocycles. The molecule has 0 saturated heterocycles. The number of alkyl halides is 1. The van der Waals surface area contributed by atoms with Crippen LogP contribution in [0.15, 0.2) is 34.1 Å². The number of nitrogens with one attached hydrogen (secondary N) is 1. The second-order valence-electron chi connectivity index (χ2n) is 4.14. The van der Waals surface area contributed by atoms with Gasteiger partial charge in [0, 0.05) is 15.0 Å². The molecule has 92 valence electrons. The van der Waals surface area contributed by atoms with Crippen molar-refractivity contribution in [2.45, 2.75) is 11.8 Å². The summed E-state index contributed by atoms with van der Waals surface area (Å²) in [7, 11) is 0. The zero-order chi connectivity index (χ0) is 12.7. The Morgan fingerprint density at radius 2 is 2.22 bits per heavy atom. The average Bonchev–Trinajstić information content (AvgIpc) is 2.91. The van der Waals surface area contributed by atoms with Crippen LogP contribution in [0.5, 0.6) is 0 Å². The summed E-state index contributed by atoms with van der Waals surface area (Å²) < 4.78 is 1.03. The quantitative estimate of drug-likeness (QED) is 0.809. The molecular weight excluding hydrogens is 334 g/mol. The largest absolute Gasteiger partial charge is 0.326 e. The maximum Gasteiger partial charge on any atom is 0.228 e. The van der Waals surface area contributed by atoms with Crippen LogP contribution in [0.3, 0.4) is 0 Å². The lowest BCUT2D eigenvalue weighted by molar-refractivity contribution is -0.115. The molecule has 18 heavy (non-hydrogen) atoms. The lowest BCUT2D eigenvalue weighted by atomic mass is 10.1. The summed E-state index contributed by atoms with van der Waals surface area (Å²) in [4.78, 5) is 12.4. The lowest BCUT2D eigenvalue weighted by Crippen LogP contribution is -2.03. The van der Waals surface area contributed by atoms with Gasteiger partial charge in [0.1, 0.15) is 0 Å². The van der Waals surface area contributed by atoms with E-state index in [4.69, 9.17) is 11.6 Å². The SMILES string of the molecule is O=C1Cc2cc(C(Cl)c3sccc3Br)ccc2N1. The van der Waals surface area contributed by atoms with Crippen LogP contribution in [0.4, 0.5) is 5.69 Å². The van der Waals surface area contributed by atoms with Crippen LogP contribution in [0.2, 0.25) is 0 Å². The summed E-state index contributed by atoms with van der Waals surface area (Å²) in [6.07, 6.45) is 0.443. The van der Waals surface area contributed by atoms with Crippen molar-refractivity contribution in [3.05, 3.63) is 50.1 Å². The molecule has 3 rings (SSSR count). The van der Waals surface area contributed by atoms with Gasteiger partial charge in [-0.15, -0.1) is 22.9 Å². The molecule has 1 amide bonds. The number of thiophene rings is 1. The smallest absolute Gasteiger partial charge is 0.228 e. The fourth-order valence-electron chi connectivity index (χ4n) is 2.04. The second kappa shape index (κ2) is 4.68. The van der Waals surface area contributed by atoms with Crippen LogP contribution >= 0.6 is 38.9 Å². The summed E-state index contributed by atoms with van der Waals surface area (Å²) in [5.41, 5.74) is 2.95. The molecule has 2 heterocycles. The van der Waals surface area contributed by atoms with Crippen LogP contribution in [0.1, 0.15) is 21.4 Å². The summed E-state index contributed by atoms with van der Waals surface area (Å²) in [5, 5.41) is 4.65. The van der Waals surface area contributed by atoms with E-state index in [0.29, 0.717) is 6.42 Å². The molecule has 0 saturated carbocycles. The van der Waals surface area contributed by atoms with Crippen LogP contribution in [-0.2, 0) is 11.2 Å². The van der Waals surface area contributed by atoms with Gasteiger partial charge in [0.15, 0.2) is 0 Å². The van der Waals surface area contributed by atoms with Gasteiger partial charge in [-0.05, 0) is 44.6 Å². The Hall–Kier alpha value is -0.840. The van der Waals surface area contributed by atoms with Gasteiger partial charge < -0.3 is 5.32 Å². The van der Waals surface area contributed by atoms with Crippen molar-refractivity contribution in [1.29, 1.82) is 0 Å². The van der Waals surface area contributed by atoms with E-state index >= 15 is 0 Å². The molecule has 5 heteroatoms. The molecule has 0 aliphatic carbocycles. The minimum Gasteiger partial charge on any atom is -0.326 e. The Labute approximate surface area is 122 Å². The van der Waals surface area contributed by atoms with Gasteiger partial charge in [0.25, 0.3) is 0 Å². The van der Waals surface area contributed by atoms with Gasteiger partial charge in [-0.3, -0.25) is 4.79 Å². The predicted molar refractivity (Wildman–Crippen MR) is 78.5 cm³/mol. The van der Waals surface area contributed by atoms with Gasteiger partial charge >= 0.3 is 0 Å². The van der Waals surface area contributed by atoms with Gasteiger partial charge in [0.05, 0.1) is 11.8 Å². The standard InChI is InChI=1S/C13H9BrClNOS/c14-9-3-4-18-13(9)12(15)7-1-2-10-8(5-7)6-11(17)16-10/h1-5,12H,6H2,(H,16,17). The third-order valence-corrected chi connectivity index (χ3v) is 5.46. The number of carbonyl (C=O) groups excluding carboxylic acids is 1. The van der Waals surface area contributed by atoms with E-state index in [0.717, 1.165) is 26.2 Å². The molecule has 1 atom stereocenters. The van der Waals surface area contributed by atoms with Crippen molar-refractivity contribution in [3.63, 3.8) is 0 Å². The third-order valence-electron chi connectivity index (χ3n) is 2.92. The molecule has 1 aromatic heterocycles. The minimum atomic E-state index is -0.180. The number of halogens is 2. The Morgan fingerprint density at radius 3 is 2.94 bits per heavy atom. The first kappa shape index (κ1) is 12.2. The number of hydrogen-bond acceptors (Lipinski definition) is 2. The van der Waals surface area contributed by atoms with E-state index in [1.165, 1.54) is 0 Å². The Morgan fingerprint density at radius 1 is 1.39 bits per heavy atom. The van der Waals surface area contributed by atoms with E-state index in [-0.39, 0.29) is 11.3 Å². The molecule has 1 aliphatic heterocycles. The molecule has 1 aliphatic rings. The van der Waals surface area contributed by atoms with E-state index in [9.17, 15) is 4.79 Å². The monoisotopic (exact) mass is 341 g/mol. The minimum absolute atomic E-state index is 0.0468. The highest BCUT2D eigenvalue weighted by molar-refractivity contribution is 9.10. The first-order valence-corrected chi connectivity index (χ1v) is 7.55. The maximum atomic E-state index is 11.3. The van der Waals surface area contributed by atoms with Crippen molar-refractivity contribution >= 4 is 50.5 Å². The summed E-state index contributed by atoms with van der Waals surface area (Å²) in [6, 6.07) is 7.89. The zero-order valence-electron chi connectivity index (χ0n) is 9.24. The van der Waals surface area contributed by atoms with Gasteiger partial charge in [0.2, 0.25) is 5.91 Å². The molecule has 0 spiro atoms. The lowest BCUT2D eigenvalue weighted by Gasteiger charge is -2.10. The number of hydrogen-bond donors (Lipinski definition) is 1. The number of rotatable bonds is 2. The second-order valence-corrected chi connectivity index (χ2v) is 6.38. The Kier molecular flexibility index (Phi) is 3.18. The van der Waals surface area contributed by atoms with E-state index in [2.05, 4.69) is 21.2 Å². The van der Waals surface area contributed by atoms with Crippen molar-refractivity contribution in [2.24, 2.45) is 0 Å². The third kappa shape index (κ3) is 2.09. The highest BCUT2D eigenvalue weighted by Gasteiger charge is 2.21. The fraction of sp³-hybridized carbons (Fsp3) is 0.154. The molecule has 0 bridgehead atoms. The first-order valence-electron chi connectivity index (χ1n) is 5.45. The van der Waals surface area contributed by atoms with Crippen LogP contribution in [-0.4, -0.2) is 5.91 Å². The summed E-state index contributed by atoms with van der Waals surface area (Å²) in [5.74, 6) is 0.0468. The maximum absolute atomic E-state index is 11.3. The average molecular weight is 343 g/mol. The first-order chi connectivity index (χ1) is 8.65. The molecular formula is C13H9BrClNOS.